The van der Waals surface area contributed by atoms with Crippen LogP contribution in [0, 0.1) is 5.92 Å². The highest BCUT2D eigenvalue weighted by atomic mass is 32.1. The van der Waals surface area contributed by atoms with Crippen molar-refractivity contribution in [2.75, 3.05) is 13.7 Å². The van der Waals surface area contributed by atoms with E-state index < -0.39 is 0 Å². The van der Waals surface area contributed by atoms with E-state index in [0.717, 1.165) is 16.3 Å². The number of amides is 2. The van der Waals surface area contributed by atoms with Crippen molar-refractivity contribution >= 4 is 23.2 Å². The molecule has 7 heteroatoms. The summed E-state index contributed by atoms with van der Waals surface area (Å²) in [5.41, 5.74) is 1.02. The normalized spacial score (nSPS) is 17.1. The Kier molecular flexibility index (Phi) is 5.10. The average molecular weight is 345 g/mol. The number of ether oxygens (including phenoxy) is 1. The number of carbonyl (C=O) groups is 2. The molecule has 0 radical (unpaired) electrons. The number of methoxy groups -OCH3 is 1. The van der Waals surface area contributed by atoms with Crippen LogP contribution in [0.3, 0.4) is 0 Å². The lowest BCUT2D eigenvalue weighted by atomic mass is 10.1. The summed E-state index contributed by atoms with van der Waals surface area (Å²) >= 11 is 1.50. The van der Waals surface area contributed by atoms with Gasteiger partial charge in [0.1, 0.15) is 10.8 Å². The average Bonchev–Trinajstić information content (AvgIpc) is 3.24. The topological polar surface area (TPSA) is 71.5 Å². The number of rotatable bonds is 6. The monoisotopic (exact) mass is 345 g/mol. The molecule has 24 heavy (non-hydrogen) atoms. The molecule has 1 aliphatic rings. The third-order valence-electron chi connectivity index (χ3n) is 4.02. The highest BCUT2D eigenvalue weighted by Crippen LogP contribution is 2.21. The molecule has 2 amide bonds. The van der Waals surface area contributed by atoms with E-state index in [-0.39, 0.29) is 24.2 Å². The summed E-state index contributed by atoms with van der Waals surface area (Å²) in [5.74, 6) is 0.414. The van der Waals surface area contributed by atoms with Gasteiger partial charge in [0.05, 0.1) is 19.6 Å². The van der Waals surface area contributed by atoms with E-state index in [0.29, 0.717) is 19.6 Å². The highest BCUT2D eigenvalue weighted by molar-refractivity contribution is 7.09. The second-order valence-corrected chi connectivity index (χ2v) is 6.65. The molecule has 0 aliphatic carbocycles. The fourth-order valence-electron chi connectivity index (χ4n) is 2.70. The van der Waals surface area contributed by atoms with Crippen LogP contribution in [0.15, 0.2) is 35.8 Å². The van der Waals surface area contributed by atoms with Gasteiger partial charge in [0.2, 0.25) is 11.8 Å². The van der Waals surface area contributed by atoms with Crippen LogP contribution in [0.5, 0.6) is 5.75 Å². The molecular weight excluding hydrogens is 326 g/mol. The first-order chi connectivity index (χ1) is 11.7. The minimum absolute atomic E-state index is 0.0141. The molecule has 0 spiro atoms. The molecule has 2 aromatic rings. The molecule has 0 unspecified atom stereocenters. The smallest absolute Gasteiger partial charge is 0.225 e. The minimum Gasteiger partial charge on any atom is -0.497 e. The maximum absolute atomic E-state index is 12.2. The molecule has 1 atom stereocenters. The number of thiazole rings is 1. The number of hydrogen-bond donors (Lipinski definition) is 1. The molecule has 1 aromatic carbocycles. The van der Waals surface area contributed by atoms with Gasteiger partial charge in [-0.15, -0.1) is 11.3 Å². The van der Waals surface area contributed by atoms with Crippen LogP contribution in [0.25, 0.3) is 0 Å². The Morgan fingerprint density at radius 1 is 1.42 bits per heavy atom. The first-order valence-corrected chi connectivity index (χ1v) is 8.60. The molecule has 3 rings (SSSR count). The summed E-state index contributed by atoms with van der Waals surface area (Å²) in [4.78, 5) is 30.3. The van der Waals surface area contributed by atoms with E-state index in [2.05, 4.69) is 10.3 Å². The molecular formula is C17H19N3O3S. The number of likely N-dealkylation sites (tertiary alicyclic amines) is 1. The largest absolute Gasteiger partial charge is 0.497 e. The maximum Gasteiger partial charge on any atom is 0.225 e. The van der Waals surface area contributed by atoms with Crippen molar-refractivity contribution in [3.63, 3.8) is 0 Å². The van der Waals surface area contributed by atoms with Gasteiger partial charge < -0.3 is 15.0 Å². The summed E-state index contributed by atoms with van der Waals surface area (Å²) in [6, 6.07) is 7.60. The van der Waals surface area contributed by atoms with E-state index >= 15 is 0 Å². The predicted octanol–water partition coefficient (Wildman–Crippen LogP) is 1.82. The van der Waals surface area contributed by atoms with Gasteiger partial charge in [-0.1, -0.05) is 12.1 Å². The molecule has 0 saturated carbocycles. The van der Waals surface area contributed by atoms with Crippen molar-refractivity contribution in [3.8, 4) is 5.75 Å². The van der Waals surface area contributed by atoms with Gasteiger partial charge in [0.25, 0.3) is 0 Å². The summed E-state index contributed by atoms with van der Waals surface area (Å²) < 4.78 is 5.13. The Balaban J connectivity index is 1.53. The van der Waals surface area contributed by atoms with E-state index in [9.17, 15) is 9.59 Å². The van der Waals surface area contributed by atoms with Gasteiger partial charge in [0, 0.05) is 31.1 Å². The Bertz CT molecular complexity index is 700. The number of nitrogens with zero attached hydrogens (tertiary/aromatic N) is 2. The fraction of sp³-hybridized carbons (Fsp3) is 0.353. The van der Waals surface area contributed by atoms with E-state index in [4.69, 9.17) is 4.74 Å². The van der Waals surface area contributed by atoms with Gasteiger partial charge in [-0.3, -0.25) is 9.59 Å². The Labute approximate surface area is 144 Å². The lowest BCUT2D eigenvalue weighted by Crippen LogP contribution is -2.32. The maximum atomic E-state index is 12.2. The molecule has 1 aliphatic heterocycles. The first kappa shape index (κ1) is 16.4. The van der Waals surface area contributed by atoms with E-state index in [1.807, 2.05) is 29.6 Å². The van der Waals surface area contributed by atoms with Gasteiger partial charge in [-0.05, 0) is 17.7 Å². The fourth-order valence-corrected chi connectivity index (χ4v) is 3.26. The number of aromatic nitrogens is 1. The molecule has 1 fully saturated rings. The third-order valence-corrected chi connectivity index (χ3v) is 4.79. The van der Waals surface area contributed by atoms with Crippen LogP contribution in [0.2, 0.25) is 0 Å². The zero-order valence-corrected chi connectivity index (χ0v) is 14.2. The molecule has 1 saturated heterocycles. The van der Waals surface area contributed by atoms with Crippen molar-refractivity contribution in [2.45, 2.75) is 19.5 Å². The molecule has 1 aromatic heterocycles. The van der Waals surface area contributed by atoms with Crippen molar-refractivity contribution in [1.82, 2.24) is 15.2 Å². The lowest BCUT2D eigenvalue weighted by molar-refractivity contribution is -0.129. The van der Waals surface area contributed by atoms with Crippen LogP contribution in [0.4, 0.5) is 0 Å². The quantitative estimate of drug-likeness (QED) is 0.867. The summed E-state index contributed by atoms with van der Waals surface area (Å²) in [7, 11) is 1.62. The minimum atomic E-state index is -0.296. The van der Waals surface area contributed by atoms with Gasteiger partial charge in [0.15, 0.2) is 0 Å². The van der Waals surface area contributed by atoms with Gasteiger partial charge in [-0.25, -0.2) is 4.98 Å². The van der Waals surface area contributed by atoms with Gasteiger partial charge >= 0.3 is 0 Å². The summed E-state index contributed by atoms with van der Waals surface area (Å²) in [6.45, 7) is 1.38. The van der Waals surface area contributed by atoms with Crippen molar-refractivity contribution in [2.24, 2.45) is 5.92 Å². The predicted molar refractivity (Wildman–Crippen MR) is 90.5 cm³/mol. The first-order valence-electron chi connectivity index (χ1n) is 7.72. The van der Waals surface area contributed by atoms with Crippen molar-refractivity contribution in [1.29, 1.82) is 0 Å². The standard InChI is InChI=1S/C17H19N3O3S/c1-23-14-4-2-12(3-5-14)10-20-11-13(8-16(20)21)17(22)19-9-15-18-6-7-24-15/h2-7,13H,8-11H2,1H3,(H,19,22)/t13-/m1/s1. The van der Waals surface area contributed by atoms with Crippen molar-refractivity contribution in [3.05, 3.63) is 46.4 Å². The van der Waals surface area contributed by atoms with Gasteiger partial charge in [-0.2, -0.15) is 0 Å². The number of hydrogen-bond acceptors (Lipinski definition) is 5. The second-order valence-electron chi connectivity index (χ2n) is 5.67. The third kappa shape index (κ3) is 3.91. The van der Waals surface area contributed by atoms with E-state index in [1.165, 1.54) is 11.3 Å². The molecule has 1 N–H and O–H groups in total. The van der Waals surface area contributed by atoms with Crippen LogP contribution < -0.4 is 10.1 Å². The van der Waals surface area contributed by atoms with Crippen molar-refractivity contribution < 1.29 is 14.3 Å². The number of nitrogens with one attached hydrogen (secondary N) is 1. The van der Waals surface area contributed by atoms with Crippen LogP contribution in [-0.4, -0.2) is 35.4 Å². The number of carbonyl (C=O) groups excluding carboxylic acids is 2. The Morgan fingerprint density at radius 2 is 2.21 bits per heavy atom. The lowest BCUT2D eigenvalue weighted by Gasteiger charge is -2.17. The zero-order valence-electron chi connectivity index (χ0n) is 13.4. The van der Waals surface area contributed by atoms with E-state index in [1.54, 1.807) is 18.2 Å². The van der Waals surface area contributed by atoms with Crippen LogP contribution in [-0.2, 0) is 22.7 Å². The molecule has 2 heterocycles. The Morgan fingerprint density at radius 3 is 2.88 bits per heavy atom. The molecule has 0 bridgehead atoms. The zero-order chi connectivity index (χ0) is 16.9. The molecule has 6 nitrogen and oxygen atoms in total. The highest BCUT2D eigenvalue weighted by Gasteiger charge is 2.34. The molecule has 126 valence electrons. The van der Waals surface area contributed by atoms with Crippen LogP contribution in [0.1, 0.15) is 17.0 Å². The van der Waals surface area contributed by atoms with Crippen LogP contribution >= 0.6 is 11.3 Å². The number of benzene rings is 1. The summed E-state index contributed by atoms with van der Waals surface area (Å²) in [5, 5.41) is 5.60. The SMILES string of the molecule is COc1ccc(CN2C[C@H](C(=O)NCc3nccs3)CC2=O)cc1. The second kappa shape index (κ2) is 7.44. The Hall–Kier alpha value is -2.41. The summed E-state index contributed by atoms with van der Waals surface area (Å²) in [6.07, 6.45) is 1.97.